The number of carbonyl (C=O) groups excluding carboxylic acids is 3. The second-order valence-corrected chi connectivity index (χ2v) is 3.81. The van der Waals surface area contributed by atoms with Gasteiger partial charge in [0.2, 0.25) is 11.8 Å². The highest BCUT2D eigenvalue weighted by Gasteiger charge is 2.28. The van der Waals surface area contributed by atoms with Crippen molar-refractivity contribution >= 4 is 17.7 Å². The fourth-order valence-electron chi connectivity index (χ4n) is 1.66. The second kappa shape index (κ2) is 4.36. The minimum absolute atomic E-state index is 0.155. The minimum Gasteiger partial charge on any atom is -0.504 e. The molecule has 0 aromatic heterocycles. The highest BCUT2D eigenvalue weighted by atomic mass is 16.3. The molecule has 2 rings (SSSR count). The Morgan fingerprint density at radius 2 is 1.78 bits per heavy atom. The number of nitrogens with zero attached hydrogens (tertiary/aromatic N) is 1. The lowest BCUT2D eigenvalue weighted by Crippen LogP contribution is -2.53. The van der Waals surface area contributed by atoms with Crippen molar-refractivity contribution in [1.82, 2.24) is 10.2 Å². The lowest BCUT2D eigenvalue weighted by molar-refractivity contribution is -0.135. The molecule has 0 aliphatic carbocycles. The van der Waals surface area contributed by atoms with E-state index in [0.717, 1.165) is 4.90 Å². The number of imide groups is 1. The molecule has 7 heteroatoms. The Labute approximate surface area is 102 Å². The van der Waals surface area contributed by atoms with Gasteiger partial charge in [0.1, 0.15) is 13.1 Å². The molecular weight excluding hydrogens is 240 g/mol. The zero-order chi connectivity index (χ0) is 13.3. The summed E-state index contributed by atoms with van der Waals surface area (Å²) in [4.78, 5) is 35.2. The van der Waals surface area contributed by atoms with E-state index in [9.17, 15) is 24.6 Å². The van der Waals surface area contributed by atoms with Gasteiger partial charge in [-0.3, -0.25) is 19.7 Å². The van der Waals surface area contributed by atoms with E-state index in [1.807, 2.05) is 0 Å². The van der Waals surface area contributed by atoms with E-state index in [-0.39, 0.29) is 18.7 Å². The lowest BCUT2D eigenvalue weighted by atomic mass is 10.1. The number of amides is 3. The van der Waals surface area contributed by atoms with Crippen LogP contribution in [-0.2, 0) is 9.59 Å². The number of nitrogens with one attached hydrogen (secondary N) is 1. The molecule has 1 heterocycles. The van der Waals surface area contributed by atoms with E-state index >= 15 is 0 Å². The van der Waals surface area contributed by atoms with Crippen molar-refractivity contribution in [3.05, 3.63) is 23.8 Å². The molecule has 0 radical (unpaired) electrons. The van der Waals surface area contributed by atoms with Crippen LogP contribution < -0.4 is 5.32 Å². The van der Waals surface area contributed by atoms with Gasteiger partial charge in [0.15, 0.2) is 11.5 Å². The molecule has 7 nitrogen and oxygen atoms in total. The van der Waals surface area contributed by atoms with Crippen LogP contribution >= 0.6 is 0 Å². The Morgan fingerprint density at radius 3 is 2.39 bits per heavy atom. The summed E-state index contributed by atoms with van der Waals surface area (Å²) in [6.07, 6.45) is 0. The molecule has 18 heavy (non-hydrogen) atoms. The van der Waals surface area contributed by atoms with Gasteiger partial charge in [-0.1, -0.05) is 6.07 Å². The average molecular weight is 250 g/mol. The van der Waals surface area contributed by atoms with Crippen molar-refractivity contribution < 1.29 is 24.6 Å². The number of para-hydroxylation sites is 1. The molecule has 0 atom stereocenters. The van der Waals surface area contributed by atoms with E-state index < -0.39 is 29.2 Å². The van der Waals surface area contributed by atoms with Crippen LogP contribution in [0.15, 0.2) is 18.2 Å². The summed E-state index contributed by atoms with van der Waals surface area (Å²) < 4.78 is 0. The van der Waals surface area contributed by atoms with Gasteiger partial charge in [-0.2, -0.15) is 0 Å². The maximum Gasteiger partial charge on any atom is 0.258 e. The predicted molar refractivity (Wildman–Crippen MR) is 58.8 cm³/mol. The van der Waals surface area contributed by atoms with Gasteiger partial charge in [-0.25, -0.2) is 0 Å². The molecule has 0 saturated carbocycles. The topological polar surface area (TPSA) is 107 Å². The Morgan fingerprint density at radius 1 is 1.17 bits per heavy atom. The van der Waals surface area contributed by atoms with Crippen molar-refractivity contribution in [1.29, 1.82) is 0 Å². The number of hydrogen-bond donors (Lipinski definition) is 3. The maximum absolute atomic E-state index is 12.0. The molecule has 0 spiro atoms. The van der Waals surface area contributed by atoms with Gasteiger partial charge >= 0.3 is 0 Å². The first-order valence-corrected chi connectivity index (χ1v) is 5.12. The standard InChI is InChI=1S/C11H10N2O5/c14-7-3-1-2-6(10(7)17)11(18)13-4-8(15)12-9(16)5-13/h1-3,14,17H,4-5H2,(H,12,15,16). The molecule has 1 saturated heterocycles. The highest BCUT2D eigenvalue weighted by molar-refractivity contribution is 6.06. The summed E-state index contributed by atoms with van der Waals surface area (Å²) in [6.45, 7) is -0.528. The van der Waals surface area contributed by atoms with Gasteiger partial charge in [-0.15, -0.1) is 0 Å². The number of benzene rings is 1. The molecule has 0 unspecified atom stereocenters. The van der Waals surface area contributed by atoms with Crippen LogP contribution in [0.5, 0.6) is 11.5 Å². The summed E-state index contributed by atoms with van der Waals surface area (Å²) in [7, 11) is 0. The first-order chi connectivity index (χ1) is 8.49. The Balaban J connectivity index is 2.28. The monoisotopic (exact) mass is 250 g/mol. The van der Waals surface area contributed by atoms with Crippen molar-refractivity contribution in [2.75, 3.05) is 13.1 Å². The van der Waals surface area contributed by atoms with Crippen molar-refractivity contribution in [3.8, 4) is 11.5 Å². The molecule has 1 aliphatic rings. The zero-order valence-corrected chi connectivity index (χ0v) is 9.21. The molecule has 0 bridgehead atoms. The van der Waals surface area contributed by atoms with Gasteiger partial charge in [0.05, 0.1) is 5.56 Å². The van der Waals surface area contributed by atoms with E-state index in [1.54, 1.807) is 0 Å². The quantitative estimate of drug-likeness (QED) is 0.446. The maximum atomic E-state index is 12.0. The molecule has 3 N–H and O–H groups in total. The van der Waals surface area contributed by atoms with Crippen molar-refractivity contribution in [2.45, 2.75) is 0 Å². The van der Waals surface area contributed by atoms with E-state index in [0.29, 0.717) is 0 Å². The number of phenols is 2. The number of carbonyl (C=O) groups is 3. The van der Waals surface area contributed by atoms with E-state index in [1.165, 1.54) is 18.2 Å². The van der Waals surface area contributed by atoms with Crippen LogP contribution in [0.2, 0.25) is 0 Å². The molecular formula is C11H10N2O5. The van der Waals surface area contributed by atoms with Crippen LogP contribution in [0.4, 0.5) is 0 Å². The Kier molecular flexibility index (Phi) is 2.88. The van der Waals surface area contributed by atoms with Gasteiger partial charge in [-0.05, 0) is 12.1 Å². The zero-order valence-electron chi connectivity index (χ0n) is 9.21. The third-order valence-corrected chi connectivity index (χ3v) is 2.48. The van der Waals surface area contributed by atoms with Gasteiger partial charge < -0.3 is 15.1 Å². The number of phenolic OH excluding ortho intramolecular Hbond substituents is 2. The van der Waals surface area contributed by atoms with Crippen LogP contribution in [0.3, 0.4) is 0 Å². The Hall–Kier alpha value is -2.57. The smallest absolute Gasteiger partial charge is 0.258 e. The van der Waals surface area contributed by atoms with Crippen LogP contribution in [0.1, 0.15) is 10.4 Å². The number of rotatable bonds is 1. The summed E-state index contributed by atoms with van der Waals surface area (Å²) in [5, 5.41) is 20.9. The summed E-state index contributed by atoms with van der Waals surface area (Å²) in [5.41, 5.74) is -0.155. The fourth-order valence-corrected chi connectivity index (χ4v) is 1.66. The number of piperazine rings is 1. The number of aromatic hydroxyl groups is 2. The highest BCUT2D eigenvalue weighted by Crippen LogP contribution is 2.29. The SMILES string of the molecule is O=C1CN(C(=O)c2cccc(O)c2O)CC(=O)N1. The molecule has 1 fully saturated rings. The first kappa shape index (κ1) is 11.9. The van der Waals surface area contributed by atoms with Crippen LogP contribution in [-0.4, -0.2) is 45.9 Å². The molecule has 94 valence electrons. The molecule has 1 aromatic rings. The van der Waals surface area contributed by atoms with Crippen LogP contribution in [0, 0.1) is 0 Å². The van der Waals surface area contributed by atoms with Crippen LogP contribution in [0.25, 0.3) is 0 Å². The second-order valence-electron chi connectivity index (χ2n) is 3.81. The van der Waals surface area contributed by atoms with Crippen molar-refractivity contribution in [2.24, 2.45) is 0 Å². The molecule has 1 aromatic carbocycles. The summed E-state index contributed by atoms with van der Waals surface area (Å²) in [5.74, 6) is -2.86. The summed E-state index contributed by atoms with van der Waals surface area (Å²) in [6, 6.07) is 3.91. The fraction of sp³-hybridized carbons (Fsp3) is 0.182. The number of hydrogen-bond acceptors (Lipinski definition) is 5. The molecule has 3 amide bonds. The van der Waals surface area contributed by atoms with E-state index in [4.69, 9.17) is 0 Å². The van der Waals surface area contributed by atoms with E-state index in [2.05, 4.69) is 5.32 Å². The normalized spacial score (nSPS) is 15.4. The van der Waals surface area contributed by atoms with Crippen molar-refractivity contribution in [3.63, 3.8) is 0 Å². The largest absolute Gasteiger partial charge is 0.504 e. The third-order valence-electron chi connectivity index (χ3n) is 2.48. The lowest BCUT2D eigenvalue weighted by Gasteiger charge is -2.25. The van der Waals surface area contributed by atoms with Gasteiger partial charge in [0.25, 0.3) is 5.91 Å². The summed E-state index contributed by atoms with van der Waals surface area (Å²) >= 11 is 0. The Bertz CT molecular complexity index is 524. The molecule has 1 aliphatic heterocycles. The first-order valence-electron chi connectivity index (χ1n) is 5.12. The minimum atomic E-state index is -0.688. The third kappa shape index (κ3) is 2.10. The van der Waals surface area contributed by atoms with Gasteiger partial charge in [0, 0.05) is 0 Å². The average Bonchev–Trinajstić information content (AvgIpc) is 2.30. The predicted octanol–water partition coefficient (Wildman–Crippen LogP) is -0.804.